The highest BCUT2D eigenvalue weighted by molar-refractivity contribution is 5.93. The van der Waals surface area contributed by atoms with E-state index in [0.29, 0.717) is 30.8 Å². The van der Waals surface area contributed by atoms with Crippen LogP contribution in [0.5, 0.6) is 5.75 Å². The Balaban J connectivity index is 1.49. The van der Waals surface area contributed by atoms with Gasteiger partial charge in [-0.3, -0.25) is 4.79 Å². The summed E-state index contributed by atoms with van der Waals surface area (Å²) >= 11 is 0. The van der Waals surface area contributed by atoms with E-state index in [2.05, 4.69) is 20.7 Å². The van der Waals surface area contributed by atoms with Crippen molar-refractivity contribution in [3.05, 3.63) is 60.3 Å². The van der Waals surface area contributed by atoms with Crippen LogP contribution in [0.2, 0.25) is 0 Å². The van der Waals surface area contributed by atoms with Gasteiger partial charge in [0.2, 0.25) is 0 Å². The number of aromatic nitrogens is 4. The second kappa shape index (κ2) is 8.93. The molecule has 3 aromatic rings. The molecule has 4 rings (SSSR count). The van der Waals surface area contributed by atoms with Crippen LogP contribution in [0.3, 0.4) is 0 Å². The fourth-order valence-corrected chi connectivity index (χ4v) is 3.73. The Kier molecular flexibility index (Phi) is 6.06. The first kappa shape index (κ1) is 21.7. The number of benzene rings is 1. The molecule has 1 aliphatic rings. The standard InChI is InChI=1S/C21H23F3N6O2/c1-32-15-5-2-4-14(10-15)16-11-18(21(22,23)24)30-19(27-16)12-17(28-30)20(31)26-6-3-8-29-9-7-25-13-29/h2,4-5,7,9-10,12-13,16,18,27H,3,6,8,11H2,1H3,(H,26,31)/t16-,18-/m1/s1. The van der Waals surface area contributed by atoms with Gasteiger partial charge in [-0.05, 0) is 24.1 Å². The van der Waals surface area contributed by atoms with Crippen molar-refractivity contribution in [1.29, 1.82) is 0 Å². The molecule has 0 spiro atoms. The first-order valence-corrected chi connectivity index (χ1v) is 10.2. The monoisotopic (exact) mass is 448 g/mol. The minimum Gasteiger partial charge on any atom is -0.497 e. The zero-order chi connectivity index (χ0) is 22.7. The van der Waals surface area contributed by atoms with Gasteiger partial charge < -0.3 is 19.9 Å². The van der Waals surface area contributed by atoms with Crippen LogP contribution < -0.4 is 15.4 Å². The van der Waals surface area contributed by atoms with Gasteiger partial charge in [-0.25, -0.2) is 9.67 Å². The third-order valence-corrected chi connectivity index (χ3v) is 5.36. The lowest BCUT2D eigenvalue weighted by molar-refractivity contribution is -0.173. The summed E-state index contributed by atoms with van der Waals surface area (Å²) in [5.74, 6) is 0.191. The maximum atomic E-state index is 13.8. The largest absolute Gasteiger partial charge is 0.497 e. The molecule has 0 saturated carbocycles. The van der Waals surface area contributed by atoms with Crippen molar-refractivity contribution in [2.45, 2.75) is 37.6 Å². The molecule has 0 fully saturated rings. The zero-order valence-corrected chi connectivity index (χ0v) is 17.3. The van der Waals surface area contributed by atoms with Crippen LogP contribution in [0.15, 0.2) is 49.1 Å². The number of anilines is 1. The molecule has 11 heteroatoms. The summed E-state index contributed by atoms with van der Waals surface area (Å²) in [6, 6.07) is 5.80. The number of carbonyl (C=O) groups excluding carboxylic acids is 1. The minimum absolute atomic E-state index is 0.0596. The van der Waals surface area contributed by atoms with E-state index in [1.165, 1.54) is 13.2 Å². The Morgan fingerprint density at radius 1 is 1.34 bits per heavy atom. The van der Waals surface area contributed by atoms with Crippen molar-refractivity contribution in [3.8, 4) is 5.75 Å². The molecule has 32 heavy (non-hydrogen) atoms. The number of halogens is 3. The molecule has 2 atom stereocenters. The molecule has 1 aromatic carbocycles. The lowest BCUT2D eigenvalue weighted by Gasteiger charge is -2.33. The van der Waals surface area contributed by atoms with Gasteiger partial charge in [0.05, 0.1) is 19.5 Å². The molecule has 1 aliphatic heterocycles. The number of hydrogen-bond donors (Lipinski definition) is 2. The summed E-state index contributed by atoms with van der Waals surface area (Å²) in [4.78, 5) is 16.4. The molecule has 0 unspecified atom stereocenters. The molecule has 2 aromatic heterocycles. The number of aryl methyl sites for hydroxylation is 1. The van der Waals surface area contributed by atoms with Crippen molar-refractivity contribution in [2.75, 3.05) is 19.0 Å². The number of methoxy groups -OCH3 is 1. The number of hydrogen-bond acceptors (Lipinski definition) is 5. The zero-order valence-electron chi connectivity index (χ0n) is 17.3. The molecular weight excluding hydrogens is 425 g/mol. The molecule has 2 N–H and O–H groups in total. The molecule has 0 aliphatic carbocycles. The van der Waals surface area contributed by atoms with Crippen LogP contribution in [-0.4, -0.2) is 45.1 Å². The number of amides is 1. The second-order valence-corrected chi connectivity index (χ2v) is 7.54. The summed E-state index contributed by atoms with van der Waals surface area (Å²) < 4.78 is 49.4. The molecule has 0 saturated heterocycles. The topological polar surface area (TPSA) is 86.0 Å². The SMILES string of the molecule is COc1cccc([C@H]2C[C@H](C(F)(F)F)n3nc(C(=O)NCCCn4ccnc4)cc3N2)c1. The van der Waals surface area contributed by atoms with Crippen LogP contribution in [-0.2, 0) is 6.54 Å². The third-order valence-electron chi connectivity index (χ3n) is 5.36. The van der Waals surface area contributed by atoms with Gasteiger partial charge in [0, 0.05) is 38.0 Å². The lowest BCUT2D eigenvalue weighted by atomic mass is 9.97. The second-order valence-electron chi connectivity index (χ2n) is 7.54. The predicted molar refractivity (Wildman–Crippen MR) is 110 cm³/mol. The highest BCUT2D eigenvalue weighted by Crippen LogP contribution is 2.43. The first-order chi connectivity index (χ1) is 15.3. The van der Waals surface area contributed by atoms with Gasteiger partial charge in [-0.1, -0.05) is 12.1 Å². The highest BCUT2D eigenvalue weighted by atomic mass is 19.4. The van der Waals surface area contributed by atoms with Crippen LogP contribution in [0.4, 0.5) is 19.0 Å². The first-order valence-electron chi connectivity index (χ1n) is 10.2. The van der Waals surface area contributed by atoms with Crippen LogP contribution >= 0.6 is 0 Å². The van der Waals surface area contributed by atoms with Crippen LogP contribution in [0.25, 0.3) is 0 Å². The normalized spacial score (nSPS) is 18.0. The van der Waals surface area contributed by atoms with E-state index < -0.39 is 24.2 Å². The molecule has 1 amide bonds. The van der Waals surface area contributed by atoms with E-state index >= 15 is 0 Å². The molecule has 3 heterocycles. The van der Waals surface area contributed by atoms with Crippen molar-refractivity contribution in [3.63, 3.8) is 0 Å². The average molecular weight is 448 g/mol. The summed E-state index contributed by atoms with van der Waals surface area (Å²) in [6.07, 6.45) is 1.03. The maximum Gasteiger partial charge on any atom is 0.410 e. The maximum absolute atomic E-state index is 13.8. The summed E-state index contributed by atoms with van der Waals surface area (Å²) in [5.41, 5.74) is 0.604. The van der Waals surface area contributed by atoms with Gasteiger partial charge in [-0.2, -0.15) is 18.3 Å². The Labute approximate surface area is 182 Å². The average Bonchev–Trinajstić information content (AvgIpc) is 3.45. The lowest BCUT2D eigenvalue weighted by Crippen LogP contribution is -2.35. The van der Waals surface area contributed by atoms with E-state index in [4.69, 9.17) is 4.74 Å². The summed E-state index contributed by atoms with van der Waals surface area (Å²) in [7, 11) is 1.50. The van der Waals surface area contributed by atoms with E-state index in [-0.39, 0.29) is 17.9 Å². The number of fused-ring (bicyclic) bond motifs is 1. The molecular formula is C21H23F3N6O2. The van der Waals surface area contributed by atoms with Crippen LogP contribution in [0, 0.1) is 0 Å². The molecule has 170 valence electrons. The van der Waals surface area contributed by atoms with Gasteiger partial charge in [0.1, 0.15) is 11.6 Å². The van der Waals surface area contributed by atoms with Crippen molar-refractivity contribution >= 4 is 11.7 Å². The smallest absolute Gasteiger partial charge is 0.410 e. The fourth-order valence-electron chi connectivity index (χ4n) is 3.73. The molecule has 0 bridgehead atoms. The fraction of sp³-hybridized carbons (Fsp3) is 0.381. The van der Waals surface area contributed by atoms with Gasteiger partial charge in [-0.15, -0.1) is 0 Å². The van der Waals surface area contributed by atoms with Crippen molar-refractivity contribution in [1.82, 2.24) is 24.6 Å². The van der Waals surface area contributed by atoms with Gasteiger partial charge >= 0.3 is 6.18 Å². The predicted octanol–water partition coefficient (Wildman–Crippen LogP) is 3.57. The highest BCUT2D eigenvalue weighted by Gasteiger charge is 2.46. The van der Waals surface area contributed by atoms with Crippen molar-refractivity contribution < 1.29 is 22.7 Å². The minimum atomic E-state index is -4.52. The molecule has 0 radical (unpaired) electrons. The van der Waals surface area contributed by atoms with Gasteiger partial charge in [0.25, 0.3) is 5.91 Å². The Bertz CT molecular complexity index is 1060. The Morgan fingerprint density at radius 3 is 2.91 bits per heavy atom. The van der Waals surface area contributed by atoms with Crippen LogP contribution in [0.1, 0.15) is 41.0 Å². The quantitative estimate of drug-likeness (QED) is 0.540. The summed E-state index contributed by atoms with van der Waals surface area (Å²) in [6.45, 7) is 1.03. The number of imidazole rings is 1. The number of carbonyl (C=O) groups is 1. The number of alkyl halides is 3. The van der Waals surface area contributed by atoms with E-state index in [1.54, 1.807) is 36.8 Å². The third kappa shape index (κ3) is 4.71. The molecule has 8 nitrogen and oxygen atoms in total. The van der Waals surface area contributed by atoms with Crippen molar-refractivity contribution in [2.24, 2.45) is 0 Å². The van der Waals surface area contributed by atoms with Gasteiger partial charge in [0.15, 0.2) is 11.7 Å². The van der Waals surface area contributed by atoms with E-state index in [9.17, 15) is 18.0 Å². The number of rotatable bonds is 7. The number of ether oxygens (including phenoxy) is 1. The van der Waals surface area contributed by atoms with E-state index in [0.717, 1.165) is 4.68 Å². The number of nitrogens with zero attached hydrogens (tertiary/aromatic N) is 4. The van der Waals surface area contributed by atoms with E-state index in [1.807, 2.05) is 10.8 Å². The summed E-state index contributed by atoms with van der Waals surface area (Å²) in [5, 5.41) is 9.76. The number of nitrogens with one attached hydrogen (secondary N) is 2. The Hall–Kier alpha value is -3.50. The Morgan fingerprint density at radius 2 is 2.19 bits per heavy atom.